The number of hydrogen-bond donors (Lipinski definition) is 6. The summed E-state index contributed by atoms with van der Waals surface area (Å²) >= 11 is 2.53. The third-order valence-corrected chi connectivity index (χ3v) is 38.3. The summed E-state index contributed by atoms with van der Waals surface area (Å²) in [5.41, 5.74) is -14.0. The van der Waals surface area contributed by atoms with E-state index in [1.165, 1.54) is 55.6 Å². The lowest BCUT2D eigenvalue weighted by molar-refractivity contribution is -0.346. The number of thiophene rings is 2. The first-order valence-corrected chi connectivity index (χ1v) is 51.3. The minimum absolute atomic E-state index is 0.0387. The van der Waals surface area contributed by atoms with Crippen molar-refractivity contribution in [1.29, 1.82) is 0 Å². The van der Waals surface area contributed by atoms with Crippen molar-refractivity contribution in [2.45, 2.75) is 332 Å². The predicted octanol–water partition coefficient (Wildman–Crippen LogP) is 13.2. The molecule has 6 N–H and O–H groups in total. The molecule has 2 aliphatic heterocycles. The Morgan fingerprint density at radius 3 is 1.30 bits per heavy atom. The summed E-state index contributed by atoms with van der Waals surface area (Å²) in [6, 6.07) is 23.1. The van der Waals surface area contributed by atoms with E-state index in [0.29, 0.717) is 53.9 Å². The molecule has 2 unspecified atom stereocenters. The van der Waals surface area contributed by atoms with Gasteiger partial charge in [0, 0.05) is 60.1 Å². The predicted molar refractivity (Wildman–Crippen MR) is 480 cm³/mol. The molecular formula is C99H126N2O29S2Si. The number of ether oxygens (including phenoxy) is 12. The molecule has 8 saturated carbocycles. The van der Waals surface area contributed by atoms with Gasteiger partial charge in [-0.1, -0.05) is 97.0 Å². The van der Waals surface area contributed by atoms with Crippen molar-refractivity contribution in [3.8, 4) is 0 Å². The van der Waals surface area contributed by atoms with Gasteiger partial charge in [0.2, 0.25) is 0 Å². The van der Waals surface area contributed by atoms with Crippen LogP contribution in [0.2, 0.25) is 18.1 Å². The van der Waals surface area contributed by atoms with E-state index in [-0.39, 0.29) is 72.5 Å². The largest absolute Gasteiger partial charge is 0.457 e. The number of carbonyl (C=O) groups is 12. The second kappa shape index (κ2) is 38.1. The summed E-state index contributed by atoms with van der Waals surface area (Å²) in [5.74, 6) is -12.6. The van der Waals surface area contributed by atoms with Crippen LogP contribution in [-0.4, -0.2) is 215 Å². The molecule has 4 aromatic rings. The van der Waals surface area contributed by atoms with Crippen molar-refractivity contribution in [3.05, 3.63) is 139 Å². The number of nitrogens with one attached hydrogen (secondary N) is 2. The molecule has 0 spiro atoms. The van der Waals surface area contributed by atoms with Gasteiger partial charge in [0.25, 0.3) is 0 Å². The van der Waals surface area contributed by atoms with Crippen molar-refractivity contribution in [2.75, 3.05) is 13.2 Å². The lowest BCUT2D eigenvalue weighted by Crippen LogP contribution is -2.82. The Morgan fingerprint density at radius 1 is 0.511 bits per heavy atom. The van der Waals surface area contributed by atoms with E-state index < -0.39 is 239 Å². The number of esters is 8. The first-order chi connectivity index (χ1) is 63.0. The maximum atomic E-state index is 16.6. The quantitative estimate of drug-likeness (QED) is 0.0140. The van der Waals surface area contributed by atoms with Gasteiger partial charge in [-0.15, -0.1) is 22.7 Å². The molecule has 133 heavy (non-hydrogen) atoms. The highest BCUT2D eigenvalue weighted by molar-refractivity contribution is 7.10. The fourth-order valence-electron chi connectivity index (χ4n) is 23.3. The first kappa shape index (κ1) is 98.4. The molecule has 4 bridgehead atoms. The van der Waals surface area contributed by atoms with Crippen LogP contribution >= 0.6 is 22.7 Å². The van der Waals surface area contributed by atoms with Crippen LogP contribution in [0.5, 0.6) is 0 Å². The zero-order valence-electron chi connectivity index (χ0n) is 77.9. The molecule has 10 fully saturated rings. The zero-order chi connectivity index (χ0) is 95.8. The number of ketones is 2. The molecule has 4 heterocycles. The van der Waals surface area contributed by atoms with Gasteiger partial charge in [-0.25, -0.2) is 24.0 Å². The Bertz CT molecular complexity index is 5130. The monoisotopic (exact) mass is 1900 g/mol. The Labute approximate surface area is 782 Å². The second-order valence-corrected chi connectivity index (χ2v) is 46.7. The van der Waals surface area contributed by atoms with Crippen molar-refractivity contribution < 1.29 is 139 Å². The molecule has 16 rings (SSSR count). The van der Waals surface area contributed by atoms with Crippen LogP contribution in [0.25, 0.3) is 0 Å². The molecule has 10 aliphatic carbocycles. The molecule has 0 radical (unpaired) electrons. The van der Waals surface area contributed by atoms with Gasteiger partial charge in [-0.05, 0) is 199 Å². The average molecular weight is 1900 g/mol. The molecule has 2 aromatic heterocycles. The van der Waals surface area contributed by atoms with E-state index in [1.54, 1.807) is 121 Å². The minimum Gasteiger partial charge on any atom is -0.457 e. The summed E-state index contributed by atoms with van der Waals surface area (Å²) in [5, 5.41) is 61.0. The SMILES string of the molecule is CC(=O)O[C@@]12CO[C@@H]1C[C@H](O)[C@@]1(C)C(=O)[C@H](OC(=O)C3CC3)C3=C(C)[C@@H](OC(=O)[C@H](O)[C@@H](NC(=O)OC4CCCC4)c4cccs4)C[C@@](O)([C@@H](OC(=O)c4ccccc4)C12)C3(C)C.CC[Si](CC)(CC)O[C@H]1C[C@H]2OC[C@@]2(OC(C)=O)C2[C@H](OC(=O)c3ccccc3)[C@]3(O)C[C@H](OC(=O)[C@H](C)[C@@H](NC(=O)OC4CCCC4)c4cccs4)C(C)=C([C@@H](OC(=O)C4CC4)C(=O)[C@@]21C)C3(C)C. The summed E-state index contributed by atoms with van der Waals surface area (Å²) in [6.07, 6.45) is -10.2. The lowest BCUT2D eigenvalue weighted by Gasteiger charge is -2.68. The van der Waals surface area contributed by atoms with Crippen LogP contribution in [0.3, 0.4) is 0 Å². The van der Waals surface area contributed by atoms with Crippen LogP contribution in [-0.2, 0) is 99.6 Å². The van der Waals surface area contributed by atoms with Gasteiger partial charge < -0.3 is 92.3 Å². The van der Waals surface area contributed by atoms with E-state index in [4.69, 9.17) is 61.3 Å². The highest BCUT2D eigenvalue weighted by Crippen LogP contribution is 2.68. The van der Waals surface area contributed by atoms with Crippen molar-refractivity contribution in [2.24, 2.45) is 51.2 Å². The normalized spacial score (nSPS) is 33.3. The zero-order valence-corrected chi connectivity index (χ0v) is 80.6. The molecule has 2 saturated heterocycles. The Hall–Kier alpha value is -9.10. The van der Waals surface area contributed by atoms with Gasteiger partial charge in [0.15, 0.2) is 49.4 Å². The van der Waals surface area contributed by atoms with Crippen LogP contribution in [0, 0.1) is 51.2 Å². The Balaban J connectivity index is 0.000000204. The van der Waals surface area contributed by atoms with Gasteiger partial charge in [-0.3, -0.25) is 33.6 Å². The Morgan fingerprint density at radius 2 is 0.910 bits per heavy atom. The first-order valence-electron chi connectivity index (χ1n) is 47.0. The number of benzene rings is 2. The van der Waals surface area contributed by atoms with Crippen LogP contribution in [0.4, 0.5) is 9.59 Å². The van der Waals surface area contributed by atoms with Gasteiger partial charge >= 0.3 is 59.9 Å². The number of carbonyl (C=O) groups excluding carboxylic acids is 12. The minimum atomic E-state index is -2.61. The van der Waals surface area contributed by atoms with E-state index in [2.05, 4.69) is 31.4 Å². The van der Waals surface area contributed by atoms with Gasteiger partial charge in [-0.2, -0.15) is 0 Å². The average Bonchev–Trinajstić information content (AvgIpc) is 1.47. The molecule has 2 amide bonds. The smallest absolute Gasteiger partial charge is 0.408 e. The number of rotatable bonds is 27. The topological polar surface area (TPSA) is 430 Å². The highest BCUT2D eigenvalue weighted by atomic mass is 32.1. The van der Waals surface area contributed by atoms with E-state index >= 15 is 9.59 Å². The van der Waals surface area contributed by atoms with Gasteiger partial charge in [0.05, 0.1) is 83.0 Å². The summed E-state index contributed by atoms with van der Waals surface area (Å²) in [7, 11) is -2.61. The molecule has 31 nitrogen and oxygen atoms in total. The molecule has 2 aromatic carbocycles. The second-order valence-electron chi connectivity index (χ2n) is 40.0. The number of Topliss-reactive ketones (excluding diaryl/α,β-unsaturated/α-hetero) is 2. The maximum absolute atomic E-state index is 16.6. The highest BCUT2D eigenvalue weighted by Gasteiger charge is 2.81. The van der Waals surface area contributed by atoms with Crippen LogP contribution < -0.4 is 10.6 Å². The van der Waals surface area contributed by atoms with E-state index in [1.807, 2.05) is 17.5 Å². The number of alkyl carbamates (subject to hydrolysis) is 2. The van der Waals surface area contributed by atoms with Crippen molar-refractivity contribution in [3.63, 3.8) is 0 Å². The molecule has 12 aliphatic rings. The molecular weight excluding hydrogens is 1770 g/mol. The number of hydrogen-bond acceptors (Lipinski definition) is 31. The maximum Gasteiger partial charge on any atom is 0.408 e. The summed E-state index contributed by atoms with van der Waals surface area (Å²) in [4.78, 5) is 172. The molecule has 34 heteroatoms. The van der Waals surface area contributed by atoms with Crippen molar-refractivity contribution >= 4 is 102 Å². The molecule has 22 atom stereocenters. The standard InChI is InChI=1S/C53H71NO14SSi.C46H55NO15S/c1-10-70(11-2,12-3)68-38-27-39-52(29-62-39,67-32(6)55)43-45(66-48(59)33-19-14-13-15-20-33)53(61)28-36(30(4)40(50(53,7)8)42(44(56)51(38,43)9)65-47(58)34-24-25-34)64-46(57)31(5)41(37-23-18-26-69-37)54-49(60)63-35-21-16-17-22-35;1-23-28(59-41(54)34(50)33(29-16-11-19-63-29)47-42(55)58-27-14-9-10-15-27)21-46(56)38(61-40(53)25-12-7-6-8-13-25)36-44(5,30(49)20-31-45(36,22-57-31)62-24(2)48)37(51)35(32(23)43(46,3)4)60-39(52)26-17-18-26/h13-15,18-20,23,26,31,34-36,38-39,41-43,45,61H,10-12,16-17,21-22,24-25,27-29H2,1-9H3,(H,54,60);6-8,11-13,16,19,26-28,30-31,33-36,38,49-50,56H,9-10,14-15,17-18,20-22H2,1-5H3,(H,47,55)/t31-,36+,38+,39-,41-,42-,43?,45+,51-,52+,53-;28-,30-,31+,33-,34+,35+,36?,38-,44+,45-,46+/m10/s1. The van der Waals surface area contributed by atoms with Crippen molar-refractivity contribution in [1.82, 2.24) is 10.6 Å². The Kier molecular flexibility index (Phi) is 28.2. The van der Waals surface area contributed by atoms with Crippen LogP contribution in [0.15, 0.2) is 118 Å². The molecule has 722 valence electrons. The third-order valence-electron chi connectivity index (χ3n) is 31.7. The fraction of sp³-hybridized carbons (Fsp3) is 0.636. The number of aliphatic hydroxyl groups is 4. The van der Waals surface area contributed by atoms with E-state index in [9.17, 15) is 68.4 Å². The van der Waals surface area contributed by atoms with Crippen LogP contribution in [0.1, 0.15) is 242 Å². The number of amides is 2. The summed E-state index contributed by atoms with van der Waals surface area (Å²) < 4.78 is 81.9. The lowest BCUT2D eigenvalue weighted by atomic mass is 9.44. The third kappa shape index (κ3) is 17.9. The number of aliphatic hydroxyl groups excluding tert-OH is 2. The fourth-order valence-corrected chi connectivity index (χ4v) is 27.9. The summed E-state index contributed by atoms with van der Waals surface area (Å²) in [6.45, 7) is 22.8. The number of fused-ring (bicyclic) bond motifs is 10. The van der Waals surface area contributed by atoms with E-state index in [0.717, 1.165) is 56.7 Å². The van der Waals surface area contributed by atoms with Gasteiger partial charge in [0.1, 0.15) is 66.1 Å².